The van der Waals surface area contributed by atoms with Gasteiger partial charge < -0.3 is 14.6 Å². The number of aryl methyl sites for hydroxylation is 1. The third-order valence-electron chi connectivity index (χ3n) is 3.98. The van der Waals surface area contributed by atoms with Crippen LogP contribution in [0, 0.1) is 19.8 Å². The maximum absolute atomic E-state index is 12.0. The van der Waals surface area contributed by atoms with Gasteiger partial charge in [-0.05, 0) is 32.6 Å². The monoisotopic (exact) mass is 298 g/mol. The molecule has 112 valence electrons. The van der Waals surface area contributed by atoms with E-state index in [2.05, 4.69) is 0 Å². The topological polar surface area (TPSA) is 62.5 Å². The van der Waals surface area contributed by atoms with E-state index in [-0.39, 0.29) is 10.8 Å². The van der Waals surface area contributed by atoms with E-state index in [1.54, 1.807) is 16.5 Å². The molecule has 1 atom stereocenters. The summed E-state index contributed by atoms with van der Waals surface area (Å²) in [6.07, 6.45) is 2.01. The molecular formula is C14H22N2O3S. The minimum Gasteiger partial charge on any atom is -0.391 e. The summed E-state index contributed by atoms with van der Waals surface area (Å²) >= 11 is 1.22. The second-order valence-corrected chi connectivity index (χ2v) is 6.76. The Morgan fingerprint density at radius 3 is 2.65 bits per heavy atom. The highest BCUT2D eigenvalue weighted by molar-refractivity contribution is 7.09. The van der Waals surface area contributed by atoms with Crippen LogP contribution in [0.25, 0.3) is 0 Å². The predicted molar refractivity (Wildman–Crippen MR) is 79.0 cm³/mol. The van der Waals surface area contributed by atoms with Crippen LogP contribution in [0.4, 0.5) is 0 Å². The third kappa shape index (κ3) is 3.49. The Labute approximate surface area is 122 Å². The predicted octanol–water partition coefficient (Wildman–Crippen LogP) is 1.15. The summed E-state index contributed by atoms with van der Waals surface area (Å²) < 4.78 is 1.66. The highest BCUT2D eigenvalue weighted by atomic mass is 32.1. The van der Waals surface area contributed by atoms with E-state index in [0.717, 1.165) is 23.4 Å². The van der Waals surface area contributed by atoms with Crippen LogP contribution >= 0.6 is 11.3 Å². The lowest BCUT2D eigenvalue weighted by Crippen LogP contribution is -2.36. The van der Waals surface area contributed by atoms with Crippen LogP contribution in [0.15, 0.2) is 4.79 Å². The number of carbonyl (C=O) groups excluding carboxylic acids is 1. The van der Waals surface area contributed by atoms with Crippen molar-refractivity contribution in [3.63, 3.8) is 0 Å². The van der Waals surface area contributed by atoms with E-state index in [1.807, 2.05) is 13.8 Å². The SMILES string of the molecule is Cc1sc(=O)n(CCC(=O)N(C)CC(O)C2CC2)c1C. The van der Waals surface area contributed by atoms with Crippen molar-refractivity contribution < 1.29 is 9.90 Å². The van der Waals surface area contributed by atoms with Crippen LogP contribution in [0.5, 0.6) is 0 Å². The zero-order chi connectivity index (χ0) is 14.9. The molecule has 1 heterocycles. The van der Waals surface area contributed by atoms with Crippen LogP contribution in [0.2, 0.25) is 0 Å². The summed E-state index contributed by atoms with van der Waals surface area (Å²) in [5.41, 5.74) is 0.938. The number of hydrogen-bond acceptors (Lipinski definition) is 4. The Morgan fingerprint density at radius 2 is 2.15 bits per heavy atom. The summed E-state index contributed by atoms with van der Waals surface area (Å²) in [6, 6.07) is 0. The molecule has 1 fully saturated rings. The first kappa shape index (κ1) is 15.3. The normalized spacial score (nSPS) is 16.2. The molecule has 0 bridgehead atoms. The Bertz CT molecular complexity index is 545. The number of nitrogens with zero attached hydrogens (tertiary/aromatic N) is 2. The van der Waals surface area contributed by atoms with Gasteiger partial charge in [-0.3, -0.25) is 9.59 Å². The van der Waals surface area contributed by atoms with Gasteiger partial charge in [-0.15, -0.1) is 0 Å². The average Bonchev–Trinajstić information content (AvgIpc) is 3.18. The first-order chi connectivity index (χ1) is 9.40. The van der Waals surface area contributed by atoms with E-state index in [4.69, 9.17) is 0 Å². The van der Waals surface area contributed by atoms with Crippen LogP contribution in [-0.4, -0.2) is 40.2 Å². The molecule has 1 aliphatic carbocycles. The molecule has 1 aliphatic rings. The maximum Gasteiger partial charge on any atom is 0.307 e. The lowest BCUT2D eigenvalue weighted by atomic mass is 10.2. The van der Waals surface area contributed by atoms with E-state index in [9.17, 15) is 14.7 Å². The van der Waals surface area contributed by atoms with Gasteiger partial charge in [-0.25, -0.2) is 0 Å². The first-order valence-electron chi connectivity index (χ1n) is 6.99. The van der Waals surface area contributed by atoms with E-state index >= 15 is 0 Å². The lowest BCUT2D eigenvalue weighted by molar-refractivity contribution is -0.131. The number of aliphatic hydroxyl groups excluding tert-OH is 1. The molecule has 0 aliphatic heterocycles. The zero-order valence-corrected chi connectivity index (χ0v) is 13.1. The second-order valence-electron chi connectivity index (χ2n) is 5.59. The van der Waals surface area contributed by atoms with E-state index in [1.165, 1.54) is 11.3 Å². The van der Waals surface area contributed by atoms with Gasteiger partial charge in [0.15, 0.2) is 0 Å². The molecule has 1 aromatic heterocycles. The number of thiazole rings is 1. The molecular weight excluding hydrogens is 276 g/mol. The minimum absolute atomic E-state index is 0.00605. The van der Waals surface area contributed by atoms with Crippen LogP contribution in [0.1, 0.15) is 29.8 Å². The molecule has 1 aromatic rings. The molecule has 0 radical (unpaired) electrons. The summed E-state index contributed by atoms with van der Waals surface area (Å²) in [7, 11) is 1.71. The summed E-state index contributed by atoms with van der Waals surface area (Å²) in [5.74, 6) is 0.342. The number of carbonyl (C=O) groups is 1. The fraction of sp³-hybridized carbons (Fsp3) is 0.714. The van der Waals surface area contributed by atoms with Crippen molar-refractivity contribution in [1.82, 2.24) is 9.47 Å². The molecule has 0 aromatic carbocycles. The number of rotatable bonds is 6. The van der Waals surface area contributed by atoms with Gasteiger partial charge in [-0.1, -0.05) is 11.3 Å². The molecule has 6 heteroatoms. The van der Waals surface area contributed by atoms with Gasteiger partial charge in [0, 0.05) is 37.1 Å². The minimum atomic E-state index is -0.406. The Balaban J connectivity index is 1.86. The Kier molecular flexibility index (Phi) is 4.65. The standard InChI is InChI=1S/C14H22N2O3S/c1-9-10(2)20-14(19)16(9)7-6-13(18)15(3)8-12(17)11-4-5-11/h11-12,17H,4-8H2,1-3H3. The molecule has 1 amide bonds. The number of aromatic nitrogens is 1. The van der Waals surface area contributed by atoms with Gasteiger partial charge >= 0.3 is 4.87 Å². The summed E-state index contributed by atoms with van der Waals surface area (Å²) in [4.78, 5) is 26.3. The second kappa shape index (κ2) is 6.10. The van der Waals surface area contributed by atoms with Crippen molar-refractivity contribution in [2.24, 2.45) is 5.92 Å². The van der Waals surface area contributed by atoms with Crippen molar-refractivity contribution in [1.29, 1.82) is 0 Å². The van der Waals surface area contributed by atoms with Gasteiger partial charge in [0.2, 0.25) is 5.91 Å². The molecule has 0 spiro atoms. The van der Waals surface area contributed by atoms with Crippen molar-refractivity contribution in [2.45, 2.75) is 45.8 Å². The summed E-state index contributed by atoms with van der Waals surface area (Å²) in [5, 5.41) is 9.84. The average molecular weight is 298 g/mol. The number of likely N-dealkylation sites (N-methyl/N-ethyl adjacent to an activating group) is 1. The highest BCUT2D eigenvalue weighted by Crippen LogP contribution is 2.32. The maximum atomic E-state index is 12.0. The van der Waals surface area contributed by atoms with Gasteiger partial charge in [0.25, 0.3) is 0 Å². The molecule has 5 nitrogen and oxygen atoms in total. The van der Waals surface area contributed by atoms with Crippen molar-refractivity contribution in [2.75, 3.05) is 13.6 Å². The van der Waals surface area contributed by atoms with Crippen molar-refractivity contribution in [3.8, 4) is 0 Å². The third-order valence-corrected chi connectivity index (χ3v) is 4.97. The Morgan fingerprint density at radius 1 is 1.50 bits per heavy atom. The smallest absolute Gasteiger partial charge is 0.307 e. The van der Waals surface area contributed by atoms with E-state index in [0.29, 0.717) is 25.4 Å². The molecule has 1 unspecified atom stereocenters. The first-order valence-corrected chi connectivity index (χ1v) is 7.80. The highest BCUT2D eigenvalue weighted by Gasteiger charge is 2.31. The van der Waals surface area contributed by atoms with Gasteiger partial charge in [-0.2, -0.15) is 0 Å². The van der Waals surface area contributed by atoms with Crippen molar-refractivity contribution in [3.05, 3.63) is 20.2 Å². The molecule has 2 rings (SSSR count). The quantitative estimate of drug-likeness (QED) is 0.857. The van der Waals surface area contributed by atoms with Crippen LogP contribution in [-0.2, 0) is 11.3 Å². The zero-order valence-electron chi connectivity index (χ0n) is 12.3. The van der Waals surface area contributed by atoms with Crippen LogP contribution < -0.4 is 4.87 Å². The lowest BCUT2D eigenvalue weighted by Gasteiger charge is -2.21. The van der Waals surface area contributed by atoms with E-state index < -0.39 is 6.10 Å². The van der Waals surface area contributed by atoms with Gasteiger partial charge in [0.05, 0.1) is 6.10 Å². The molecule has 1 N–H and O–H groups in total. The van der Waals surface area contributed by atoms with Crippen LogP contribution in [0.3, 0.4) is 0 Å². The fourth-order valence-corrected chi connectivity index (χ4v) is 3.11. The van der Waals surface area contributed by atoms with Gasteiger partial charge in [0.1, 0.15) is 0 Å². The fourth-order valence-electron chi connectivity index (χ4n) is 2.26. The largest absolute Gasteiger partial charge is 0.391 e. The molecule has 20 heavy (non-hydrogen) atoms. The van der Waals surface area contributed by atoms with Crippen molar-refractivity contribution >= 4 is 17.2 Å². The Hall–Kier alpha value is -1.14. The summed E-state index contributed by atoms with van der Waals surface area (Å²) in [6.45, 7) is 4.62. The number of aliphatic hydroxyl groups is 1. The molecule has 1 saturated carbocycles. The number of amides is 1. The molecule has 0 saturated heterocycles. The number of hydrogen-bond donors (Lipinski definition) is 1.